The van der Waals surface area contributed by atoms with Gasteiger partial charge in [-0.3, -0.25) is 25.8 Å². The highest BCUT2D eigenvalue weighted by Gasteiger charge is 2.09. The number of nitrogens with one attached hydrogen (secondary N) is 3. The molecule has 0 aromatic heterocycles. The van der Waals surface area contributed by atoms with Crippen LogP contribution in [0.2, 0.25) is 0 Å². The number of para-hydroxylation sites is 3. The molecule has 2 amide bonds. The van der Waals surface area contributed by atoms with Crippen molar-refractivity contribution in [2.75, 3.05) is 20.3 Å². The highest BCUT2D eigenvalue weighted by atomic mass is 32.1. The molecule has 0 heterocycles. The topological polar surface area (TPSA) is 97.9 Å². The van der Waals surface area contributed by atoms with Gasteiger partial charge in [0.15, 0.2) is 29.8 Å². The van der Waals surface area contributed by atoms with Crippen molar-refractivity contribution < 1.29 is 23.8 Å². The summed E-state index contributed by atoms with van der Waals surface area (Å²) in [5.41, 5.74) is 4.73. The van der Waals surface area contributed by atoms with Gasteiger partial charge in [0.25, 0.3) is 11.8 Å². The van der Waals surface area contributed by atoms with Crippen molar-refractivity contribution in [1.82, 2.24) is 16.2 Å². The Labute approximate surface area is 161 Å². The standard InChI is InChI=1S/C18H19N3O5S/c1-24-14-9-5-6-10-15(14)26-11-16(22)19-18(27)21-20-17(23)12-25-13-7-3-2-4-8-13/h2-10H,11-12H2,1H3,(H,20,23)(H2,19,21,22,27). The van der Waals surface area contributed by atoms with Crippen LogP contribution in [0.1, 0.15) is 0 Å². The van der Waals surface area contributed by atoms with Crippen LogP contribution in [0.4, 0.5) is 0 Å². The van der Waals surface area contributed by atoms with Crippen LogP contribution in [0, 0.1) is 0 Å². The third-order valence-electron chi connectivity index (χ3n) is 3.11. The first-order valence-electron chi connectivity index (χ1n) is 7.91. The average Bonchev–Trinajstić information content (AvgIpc) is 2.70. The van der Waals surface area contributed by atoms with E-state index in [1.165, 1.54) is 7.11 Å². The van der Waals surface area contributed by atoms with Crippen molar-refractivity contribution in [2.45, 2.75) is 0 Å². The summed E-state index contributed by atoms with van der Waals surface area (Å²) in [5.74, 6) is 0.558. The fourth-order valence-electron chi connectivity index (χ4n) is 1.90. The zero-order valence-electron chi connectivity index (χ0n) is 14.6. The number of hydrogen-bond acceptors (Lipinski definition) is 6. The smallest absolute Gasteiger partial charge is 0.276 e. The molecule has 0 fully saturated rings. The average molecular weight is 389 g/mol. The number of benzene rings is 2. The van der Waals surface area contributed by atoms with Crippen LogP contribution >= 0.6 is 12.2 Å². The number of rotatable bonds is 7. The Morgan fingerprint density at radius 3 is 2.19 bits per heavy atom. The summed E-state index contributed by atoms with van der Waals surface area (Å²) in [6, 6.07) is 15.8. The molecule has 3 N–H and O–H groups in total. The molecule has 0 radical (unpaired) electrons. The van der Waals surface area contributed by atoms with Crippen LogP contribution in [-0.2, 0) is 9.59 Å². The van der Waals surface area contributed by atoms with Gasteiger partial charge in [-0.05, 0) is 36.5 Å². The third-order valence-corrected chi connectivity index (χ3v) is 3.31. The zero-order valence-corrected chi connectivity index (χ0v) is 15.4. The van der Waals surface area contributed by atoms with Crippen molar-refractivity contribution in [2.24, 2.45) is 0 Å². The molecule has 0 aliphatic carbocycles. The Kier molecular flexibility index (Phi) is 7.86. The van der Waals surface area contributed by atoms with Gasteiger partial charge in [-0.15, -0.1) is 0 Å². The Bertz CT molecular complexity index is 786. The Morgan fingerprint density at radius 2 is 1.48 bits per heavy atom. The van der Waals surface area contributed by atoms with Crippen molar-refractivity contribution in [1.29, 1.82) is 0 Å². The summed E-state index contributed by atoms with van der Waals surface area (Å²) in [5, 5.41) is 2.30. The van der Waals surface area contributed by atoms with Crippen LogP contribution in [0.3, 0.4) is 0 Å². The molecule has 9 heteroatoms. The number of carbonyl (C=O) groups is 2. The molecule has 0 bridgehead atoms. The number of amides is 2. The fraction of sp³-hybridized carbons (Fsp3) is 0.167. The van der Waals surface area contributed by atoms with Gasteiger partial charge in [0, 0.05) is 0 Å². The zero-order chi connectivity index (χ0) is 19.5. The van der Waals surface area contributed by atoms with Crippen molar-refractivity contribution in [3.05, 3.63) is 54.6 Å². The summed E-state index contributed by atoms with van der Waals surface area (Å²) in [6.45, 7) is -0.474. The Morgan fingerprint density at radius 1 is 0.852 bits per heavy atom. The number of thiocarbonyl (C=S) groups is 1. The van der Waals surface area contributed by atoms with Crippen LogP contribution in [0.25, 0.3) is 0 Å². The van der Waals surface area contributed by atoms with Crippen molar-refractivity contribution in [3.63, 3.8) is 0 Å². The highest BCUT2D eigenvalue weighted by molar-refractivity contribution is 7.80. The van der Waals surface area contributed by atoms with Gasteiger partial charge in [0.05, 0.1) is 7.11 Å². The van der Waals surface area contributed by atoms with E-state index in [-0.39, 0.29) is 18.3 Å². The molecule has 8 nitrogen and oxygen atoms in total. The molecule has 0 spiro atoms. The highest BCUT2D eigenvalue weighted by Crippen LogP contribution is 2.25. The maximum absolute atomic E-state index is 11.8. The van der Waals surface area contributed by atoms with E-state index in [9.17, 15) is 9.59 Å². The van der Waals surface area contributed by atoms with Crippen LogP contribution in [-0.4, -0.2) is 37.3 Å². The largest absolute Gasteiger partial charge is 0.493 e. The lowest BCUT2D eigenvalue weighted by atomic mass is 10.3. The molecule has 0 atom stereocenters. The molecule has 142 valence electrons. The number of methoxy groups -OCH3 is 1. The lowest BCUT2D eigenvalue weighted by Crippen LogP contribution is -2.50. The molecule has 2 aromatic rings. The molecule has 2 aromatic carbocycles. The van der Waals surface area contributed by atoms with Crippen LogP contribution < -0.4 is 30.4 Å². The van der Waals surface area contributed by atoms with Crippen molar-refractivity contribution in [3.8, 4) is 17.2 Å². The second-order valence-electron chi connectivity index (χ2n) is 5.09. The molecule has 0 aliphatic rings. The summed E-state index contributed by atoms with van der Waals surface area (Å²) >= 11 is 4.93. The predicted molar refractivity (Wildman–Crippen MR) is 102 cm³/mol. The van der Waals surface area contributed by atoms with E-state index in [2.05, 4.69) is 16.2 Å². The second kappa shape index (κ2) is 10.6. The molecule has 0 saturated carbocycles. The van der Waals surface area contributed by atoms with E-state index in [1.807, 2.05) is 6.07 Å². The van der Waals surface area contributed by atoms with E-state index in [1.54, 1.807) is 48.5 Å². The molecular formula is C18H19N3O5S. The van der Waals surface area contributed by atoms with Crippen molar-refractivity contribution >= 4 is 29.1 Å². The first kappa shape index (κ1) is 20.0. The molecule has 2 rings (SSSR count). The maximum Gasteiger partial charge on any atom is 0.276 e. The van der Waals surface area contributed by atoms with E-state index in [0.717, 1.165) is 0 Å². The Balaban J connectivity index is 1.65. The fourth-order valence-corrected chi connectivity index (χ4v) is 2.07. The predicted octanol–water partition coefficient (Wildman–Crippen LogP) is 1.17. The van der Waals surface area contributed by atoms with Gasteiger partial charge in [-0.25, -0.2) is 0 Å². The molecule has 0 aliphatic heterocycles. The van der Waals surface area contributed by atoms with Gasteiger partial charge in [0.2, 0.25) is 0 Å². The van der Waals surface area contributed by atoms with Gasteiger partial charge in [-0.2, -0.15) is 0 Å². The van der Waals surface area contributed by atoms with Gasteiger partial charge in [-0.1, -0.05) is 30.3 Å². The summed E-state index contributed by atoms with van der Waals surface area (Å²) in [4.78, 5) is 23.5. The van der Waals surface area contributed by atoms with Gasteiger partial charge in [0.1, 0.15) is 5.75 Å². The first-order chi connectivity index (χ1) is 13.1. The first-order valence-corrected chi connectivity index (χ1v) is 8.31. The van der Waals surface area contributed by atoms with E-state index in [4.69, 9.17) is 26.4 Å². The minimum Gasteiger partial charge on any atom is -0.493 e. The maximum atomic E-state index is 11.8. The normalized spacial score (nSPS) is 9.67. The minimum atomic E-state index is -0.492. The number of ether oxygens (including phenoxy) is 3. The summed E-state index contributed by atoms with van der Waals surface area (Å²) < 4.78 is 15.8. The molecular weight excluding hydrogens is 370 g/mol. The SMILES string of the molecule is COc1ccccc1OCC(=O)NC(=S)NNC(=O)COc1ccccc1. The molecule has 27 heavy (non-hydrogen) atoms. The monoisotopic (exact) mass is 389 g/mol. The van der Waals surface area contributed by atoms with Gasteiger partial charge >= 0.3 is 0 Å². The van der Waals surface area contributed by atoms with E-state index >= 15 is 0 Å². The van der Waals surface area contributed by atoms with Gasteiger partial charge < -0.3 is 14.2 Å². The van der Waals surface area contributed by atoms with Crippen LogP contribution in [0.15, 0.2) is 54.6 Å². The number of hydrazine groups is 1. The minimum absolute atomic E-state index is 0.0725. The van der Waals surface area contributed by atoms with E-state index < -0.39 is 11.8 Å². The molecule has 0 unspecified atom stereocenters. The van der Waals surface area contributed by atoms with E-state index in [0.29, 0.717) is 17.2 Å². The lowest BCUT2D eigenvalue weighted by Gasteiger charge is -2.12. The number of hydrogen-bond donors (Lipinski definition) is 3. The second-order valence-corrected chi connectivity index (χ2v) is 5.50. The number of carbonyl (C=O) groups excluding carboxylic acids is 2. The lowest BCUT2D eigenvalue weighted by molar-refractivity contribution is -0.124. The molecule has 0 saturated heterocycles. The quantitative estimate of drug-likeness (QED) is 0.483. The third kappa shape index (κ3) is 7.20. The summed E-state index contributed by atoms with van der Waals surface area (Å²) in [6.07, 6.45) is 0. The summed E-state index contributed by atoms with van der Waals surface area (Å²) in [7, 11) is 1.51. The Hall–Kier alpha value is -3.33. The van der Waals surface area contributed by atoms with Crippen LogP contribution in [0.5, 0.6) is 17.2 Å².